The van der Waals surface area contributed by atoms with Crippen LogP contribution in [0.3, 0.4) is 0 Å². The van der Waals surface area contributed by atoms with Gasteiger partial charge in [0.15, 0.2) is 0 Å². The lowest BCUT2D eigenvalue weighted by Gasteiger charge is -2.49. The highest BCUT2D eigenvalue weighted by molar-refractivity contribution is 4.94. The monoisotopic (exact) mass is 212 g/mol. The van der Waals surface area contributed by atoms with E-state index >= 15 is 0 Å². The van der Waals surface area contributed by atoms with Gasteiger partial charge in [0.1, 0.15) is 0 Å². The van der Waals surface area contributed by atoms with Crippen molar-refractivity contribution < 1.29 is 9.84 Å². The van der Waals surface area contributed by atoms with Crippen LogP contribution >= 0.6 is 0 Å². The SMILES string of the molecule is OC(C1CCOC1)C1CN2CCN1CC2. The van der Waals surface area contributed by atoms with Gasteiger partial charge in [0.2, 0.25) is 0 Å². The summed E-state index contributed by atoms with van der Waals surface area (Å²) in [7, 11) is 0. The van der Waals surface area contributed by atoms with Crippen LogP contribution in [0.1, 0.15) is 6.42 Å². The number of ether oxygens (including phenoxy) is 1. The first-order chi connectivity index (χ1) is 7.34. The van der Waals surface area contributed by atoms with Gasteiger partial charge in [-0.2, -0.15) is 0 Å². The molecule has 0 spiro atoms. The highest BCUT2D eigenvalue weighted by Gasteiger charge is 2.39. The van der Waals surface area contributed by atoms with E-state index in [4.69, 9.17) is 4.74 Å². The van der Waals surface area contributed by atoms with Gasteiger partial charge in [-0.1, -0.05) is 0 Å². The van der Waals surface area contributed by atoms with Crippen molar-refractivity contribution in [1.82, 2.24) is 9.80 Å². The van der Waals surface area contributed by atoms with E-state index in [2.05, 4.69) is 9.80 Å². The molecule has 4 nitrogen and oxygen atoms in total. The highest BCUT2D eigenvalue weighted by Crippen LogP contribution is 2.26. The second kappa shape index (κ2) is 4.01. The summed E-state index contributed by atoms with van der Waals surface area (Å²) in [6.07, 6.45) is 0.849. The smallest absolute Gasteiger partial charge is 0.0758 e. The number of piperazine rings is 3. The Labute approximate surface area is 90.8 Å². The van der Waals surface area contributed by atoms with Crippen LogP contribution in [0.2, 0.25) is 0 Å². The summed E-state index contributed by atoms with van der Waals surface area (Å²) in [5.41, 5.74) is 0. The van der Waals surface area contributed by atoms with E-state index in [0.717, 1.165) is 39.3 Å². The first kappa shape index (κ1) is 10.0. The first-order valence-electron chi connectivity index (χ1n) is 6.07. The minimum Gasteiger partial charge on any atom is -0.391 e. The maximum atomic E-state index is 10.3. The Bertz CT molecular complexity index is 223. The van der Waals surface area contributed by atoms with Crippen molar-refractivity contribution in [2.45, 2.75) is 18.6 Å². The third kappa shape index (κ3) is 1.80. The third-order valence-corrected chi connectivity index (χ3v) is 4.16. The van der Waals surface area contributed by atoms with Gasteiger partial charge in [0, 0.05) is 51.3 Å². The van der Waals surface area contributed by atoms with Gasteiger partial charge in [-0.05, 0) is 6.42 Å². The minimum atomic E-state index is -0.185. The normalized spacial score (nSPS) is 47.0. The molecule has 0 aromatic rings. The fraction of sp³-hybridized carbons (Fsp3) is 1.00. The zero-order chi connectivity index (χ0) is 10.3. The van der Waals surface area contributed by atoms with E-state index in [1.165, 1.54) is 13.1 Å². The summed E-state index contributed by atoms with van der Waals surface area (Å²) in [5, 5.41) is 10.3. The van der Waals surface area contributed by atoms with E-state index in [1.807, 2.05) is 0 Å². The zero-order valence-electron chi connectivity index (χ0n) is 9.14. The first-order valence-corrected chi connectivity index (χ1v) is 6.07. The van der Waals surface area contributed by atoms with Crippen molar-refractivity contribution in [3.8, 4) is 0 Å². The number of aliphatic hydroxyl groups excluding tert-OH is 1. The predicted molar refractivity (Wildman–Crippen MR) is 56.7 cm³/mol. The molecule has 4 aliphatic heterocycles. The Morgan fingerprint density at radius 1 is 1.20 bits per heavy atom. The standard InChI is InChI=1S/C11H20N2O2/c14-11(9-1-6-15-8-9)10-7-12-2-4-13(10)5-3-12/h9-11,14H,1-8H2. The van der Waals surface area contributed by atoms with Crippen LogP contribution in [-0.2, 0) is 4.74 Å². The predicted octanol–water partition coefficient (Wildman–Crippen LogP) is -0.616. The van der Waals surface area contributed by atoms with Crippen LogP contribution in [0.25, 0.3) is 0 Å². The van der Waals surface area contributed by atoms with Crippen LogP contribution in [0.4, 0.5) is 0 Å². The molecule has 86 valence electrons. The number of aliphatic hydroxyl groups is 1. The average molecular weight is 212 g/mol. The van der Waals surface area contributed by atoms with Gasteiger partial charge in [-0.3, -0.25) is 9.80 Å². The summed E-state index contributed by atoms with van der Waals surface area (Å²) in [4.78, 5) is 4.94. The van der Waals surface area contributed by atoms with Crippen molar-refractivity contribution in [2.24, 2.45) is 5.92 Å². The third-order valence-electron chi connectivity index (χ3n) is 4.16. The van der Waals surface area contributed by atoms with Crippen LogP contribution in [-0.4, -0.2) is 73.0 Å². The molecule has 4 aliphatic rings. The summed E-state index contributed by atoms with van der Waals surface area (Å²) in [5.74, 6) is 0.371. The second-order valence-corrected chi connectivity index (χ2v) is 5.02. The fourth-order valence-electron chi connectivity index (χ4n) is 3.12. The molecular weight excluding hydrogens is 192 g/mol. The largest absolute Gasteiger partial charge is 0.391 e. The number of rotatable bonds is 2. The van der Waals surface area contributed by atoms with Gasteiger partial charge in [-0.25, -0.2) is 0 Å². The molecule has 0 radical (unpaired) electrons. The molecule has 3 atom stereocenters. The Morgan fingerprint density at radius 3 is 2.53 bits per heavy atom. The van der Waals surface area contributed by atoms with Crippen LogP contribution < -0.4 is 0 Å². The lowest BCUT2D eigenvalue weighted by atomic mass is 9.91. The molecule has 3 unspecified atom stereocenters. The maximum Gasteiger partial charge on any atom is 0.0758 e. The highest BCUT2D eigenvalue weighted by atomic mass is 16.5. The summed E-state index contributed by atoms with van der Waals surface area (Å²) >= 11 is 0. The van der Waals surface area contributed by atoms with Crippen LogP contribution in [0.15, 0.2) is 0 Å². The molecule has 0 amide bonds. The van der Waals surface area contributed by atoms with Crippen LogP contribution in [0.5, 0.6) is 0 Å². The molecule has 2 bridgehead atoms. The lowest BCUT2D eigenvalue weighted by molar-refractivity contribution is -0.0653. The average Bonchev–Trinajstić information content (AvgIpc) is 2.83. The molecule has 15 heavy (non-hydrogen) atoms. The molecule has 0 saturated carbocycles. The molecule has 4 saturated heterocycles. The second-order valence-electron chi connectivity index (χ2n) is 5.02. The molecule has 4 rings (SSSR count). The van der Waals surface area contributed by atoms with Gasteiger partial charge in [0.05, 0.1) is 12.7 Å². The summed E-state index contributed by atoms with van der Waals surface area (Å²) in [6.45, 7) is 7.28. The van der Waals surface area contributed by atoms with E-state index in [-0.39, 0.29) is 6.10 Å². The molecule has 0 aromatic heterocycles. The molecule has 4 fully saturated rings. The van der Waals surface area contributed by atoms with Crippen LogP contribution in [0, 0.1) is 5.92 Å². The number of fused-ring (bicyclic) bond motifs is 3. The Morgan fingerprint density at radius 2 is 2.00 bits per heavy atom. The van der Waals surface area contributed by atoms with E-state index < -0.39 is 0 Å². The van der Waals surface area contributed by atoms with Gasteiger partial charge in [0.25, 0.3) is 0 Å². The van der Waals surface area contributed by atoms with E-state index in [1.54, 1.807) is 0 Å². The lowest BCUT2D eigenvalue weighted by Crippen LogP contribution is -2.65. The Kier molecular flexibility index (Phi) is 2.68. The van der Waals surface area contributed by atoms with Crippen molar-refractivity contribution >= 4 is 0 Å². The fourth-order valence-corrected chi connectivity index (χ4v) is 3.12. The van der Waals surface area contributed by atoms with Gasteiger partial charge in [-0.15, -0.1) is 0 Å². The minimum absolute atomic E-state index is 0.185. The number of hydrogen-bond acceptors (Lipinski definition) is 4. The zero-order valence-corrected chi connectivity index (χ0v) is 9.14. The maximum absolute atomic E-state index is 10.3. The molecule has 1 N–H and O–H groups in total. The molecule has 4 heteroatoms. The number of hydrogen-bond donors (Lipinski definition) is 1. The van der Waals surface area contributed by atoms with Gasteiger partial charge >= 0.3 is 0 Å². The molecule has 4 heterocycles. The molecule has 0 aliphatic carbocycles. The summed E-state index contributed by atoms with van der Waals surface area (Å²) in [6, 6.07) is 0.360. The van der Waals surface area contributed by atoms with Crippen molar-refractivity contribution in [3.05, 3.63) is 0 Å². The number of nitrogens with zero attached hydrogens (tertiary/aromatic N) is 2. The topological polar surface area (TPSA) is 35.9 Å². The van der Waals surface area contributed by atoms with Crippen molar-refractivity contribution in [2.75, 3.05) is 45.9 Å². The van der Waals surface area contributed by atoms with Crippen molar-refractivity contribution in [3.63, 3.8) is 0 Å². The van der Waals surface area contributed by atoms with E-state index in [0.29, 0.717) is 12.0 Å². The van der Waals surface area contributed by atoms with Crippen molar-refractivity contribution in [1.29, 1.82) is 0 Å². The quantitative estimate of drug-likeness (QED) is 0.662. The Balaban J connectivity index is 1.65. The Hall–Kier alpha value is -0.160. The summed E-state index contributed by atoms with van der Waals surface area (Å²) < 4.78 is 5.36. The van der Waals surface area contributed by atoms with E-state index in [9.17, 15) is 5.11 Å². The molecular formula is C11H20N2O2. The van der Waals surface area contributed by atoms with Gasteiger partial charge < -0.3 is 9.84 Å². The molecule has 0 aromatic carbocycles.